The third-order valence-electron chi connectivity index (χ3n) is 8.78. The number of carbonyl (C=O) groups excluding carboxylic acids is 1. The summed E-state index contributed by atoms with van der Waals surface area (Å²) in [6.45, 7) is 11.4. The van der Waals surface area contributed by atoms with Crippen molar-refractivity contribution in [2.24, 2.45) is 17.3 Å². The van der Waals surface area contributed by atoms with Gasteiger partial charge < -0.3 is 40.0 Å². The van der Waals surface area contributed by atoms with Gasteiger partial charge in [0.05, 0.1) is 36.4 Å². The lowest BCUT2D eigenvalue weighted by molar-refractivity contribution is -0.312. The van der Waals surface area contributed by atoms with Crippen LogP contribution in [0.25, 0.3) is 0 Å². The normalized spacial score (nSPS) is 31.2. The minimum absolute atomic E-state index is 0.0643. The second kappa shape index (κ2) is 18.3. The van der Waals surface area contributed by atoms with Crippen LogP contribution in [0.5, 0.6) is 0 Å². The minimum Gasteiger partial charge on any atom is -0.478 e. The fourth-order valence-corrected chi connectivity index (χ4v) is 5.57. The molecule has 0 aromatic carbocycles. The van der Waals surface area contributed by atoms with Crippen LogP contribution < -0.4 is 5.32 Å². The Balaban J connectivity index is 1.93. The highest BCUT2D eigenvalue weighted by atomic mass is 16.6. The first-order valence-electron chi connectivity index (χ1n) is 15.8. The summed E-state index contributed by atoms with van der Waals surface area (Å²) >= 11 is 0. The fourth-order valence-electron chi connectivity index (χ4n) is 5.57. The molecule has 2 rings (SSSR count). The number of nitrogens with one attached hydrogen (secondary N) is 1. The Bertz CT molecular complexity index is 1210. The SMILES string of the molecule is C/C=C\C=C\C1OC(O)([C@@H](C)C(=O)NC/C=C/C=C(\C)C(OC)C(C)C2CC(O)C(/C=C/C=C/C=C\C(=O)O)O2)CC(O)C1(C)C. The van der Waals surface area contributed by atoms with Crippen molar-refractivity contribution >= 4 is 11.9 Å². The first-order valence-corrected chi connectivity index (χ1v) is 15.8. The van der Waals surface area contributed by atoms with Crippen LogP contribution in [0.4, 0.5) is 0 Å². The molecule has 0 bridgehead atoms. The van der Waals surface area contributed by atoms with Crippen LogP contribution in [0.15, 0.2) is 84.6 Å². The summed E-state index contributed by atoms with van der Waals surface area (Å²) < 4.78 is 17.9. The topological polar surface area (TPSA) is 155 Å². The third kappa shape index (κ3) is 11.0. The Hall–Kier alpha value is -3.12. The van der Waals surface area contributed by atoms with E-state index in [9.17, 15) is 24.9 Å². The van der Waals surface area contributed by atoms with Gasteiger partial charge in [-0.2, -0.15) is 0 Å². The van der Waals surface area contributed by atoms with E-state index in [-0.39, 0.29) is 31.1 Å². The Morgan fingerprint density at radius 2 is 1.72 bits per heavy atom. The number of aliphatic hydroxyl groups excluding tert-OH is 2. The molecule has 1 amide bonds. The Kier molecular flexibility index (Phi) is 15.5. The second-order valence-corrected chi connectivity index (χ2v) is 12.6. The Morgan fingerprint density at radius 1 is 1.04 bits per heavy atom. The molecule has 10 nitrogen and oxygen atoms in total. The van der Waals surface area contributed by atoms with E-state index < -0.39 is 53.4 Å². The zero-order valence-corrected chi connectivity index (χ0v) is 28.1. The molecule has 10 heteroatoms. The monoisotopic (exact) mass is 643 g/mol. The summed E-state index contributed by atoms with van der Waals surface area (Å²) in [4.78, 5) is 23.5. The number of ether oxygens (including phenoxy) is 3. The molecular formula is C36H53NO9. The number of carboxylic acid groups (broad SMARTS) is 1. The first-order chi connectivity index (χ1) is 21.7. The van der Waals surface area contributed by atoms with Crippen molar-refractivity contribution in [3.8, 4) is 0 Å². The molecule has 2 saturated heterocycles. The van der Waals surface area contributed by atoms with Gasteiger partial charge in [-0.05, 0) is 26.3 Å². The molecule has 2 aliphatic rings. The number of hydrogen-bond acceptors (Lipinski definition) is 8. The van der Waals surface area contributed by atoms with E-state index in [2.05, 4.69) is 5.32 Å². The molecule has 0 spiro atoms. The quantitative estimate of drug-likeness (QED) is 0.131. The fraction of sp³-hybridized carbons (Fsp3) is 0.556. The number of carbonyl (C=O) groups is 2. The minimum atomic E-state index is -1.83. The summed E-state index contributed by atoms with van der Waals surface area (Å²) in [7, 11) is 1.62. The number of aliphatic carboxylic acids is 1. The summed E-state index contributed by atoms with van der Waals surface area (Å²) in [5.41, 5.74) is 0.295. The maximum Gasteiger partial charge on any atom is 0.328 e. The van der Waals surface area contributed by atoms with Gasteiger partial charge in [0.1, 0.15) is 6.10 Å². The zero-order valence-electron chi connectivity index (χ0n) is 28.1. The van der Waals surface area contributed by atoms with E-state index in [1.165, 1.54) is 6.08 Å². The lowest BCUT2D eigenvalue weighted by Crippen LogP contribution is -2.60. The van der Waals surface area contributed by atoms with E-state index in [1.54, 1.807) is 56.6 Å². The van der Waals surface area contributed by atoms with E-state index in [0.717, 1.165) is 11.6 Å². The number of allylic oxidation sites excluding steroid dienone is 9. The van der Waals surface area contributed by atoms with Crippen LogP contribution in [0, 0.1) is 17.3 Å². The number of rotatable bonds is 15. The molecule has 0 saturated carbocycles. The summed E-state index contributed by atoms with van der Waals surface area (Å²) in [5, 5.41) is 44.0. The number of amides is 1. The van der Waals surface area contributed by atoms with Crippen LogP contribution in [-0.4, -0.2) is 88.4 Å². The molecule has 9 atom stereocenters. The number of methoxy groups -OCH3 is 1. The lowest BCUT2D eigenvalue weighted by Gasteiger charge is -2.50. The highest BCUT2D eigenvalue weighted by molar-refractivity contribution is 5.80. The van der Waals surface area contributed by atoms with Crippen molar-refractivity contribution in [1.82, 2.24) is 5.32 Å². The van der Waals surface area contributed by atoms with Crippen molar-refractivity contribution in [1.29, 1.82) is 0 Å². The average Bonchev–Trinajstić information content (AvgIpc) is 3.37. The first kappa shape index (κ1) is 39.1. The molecule has 8 unspecified atom stereocenters. The van der Waals surface area contributed by atoms with E-state index in [1.807, 2.05) is 58.9 Å². The van der Waals surface area contributed by atoms with Gasteiger partial charge in [-0.3, -0.25) is 4.79 Å². The van der Waals surface area contributed by atoms with Gasteiger partial charge in [-0.15, -0.1) is 0 Å². The predicted molar refractivity (Wildman–Crippen MR) is 178 cm³/mol. The average molecular weight is 644 g/mol. The van der Waals surface area contributed by atoms with Gasteiger partial charge in [0, 0.05) is 43.9 Å². The molecule has 2 heterocycles. The van der Waals surface area contributed by atoms with Crippen molar-refractivity contribution in [3.05, 3.63) is 84.6 Å². The van der Waals surface area contributed by atoms with Gasteiger partial charge >= 0.3 is 5.97 Å². The van der Waals surface area contributed by atoms with Crippen molar-refractivity contribution in [3.63, 3.8) is 0 Å². The van der Waals surface area contributed by atoms with E-state index in [0.29, 0.717) is 6.42 Å². The van der Waals surface area contributed by atoms with Crippen LogP contribution in [0.3, 0.4) is 0 Å². The number of carboxylic acids is 1. The zero-order chi connectivity index (χ0) is 34.5. The van der Waals surface area contributed by atoms with E-state index >= 15 is 0 Å². The van der Waals surface area contributed by atoms with Gasteiger partial charge in [-0.25, -0.2) is 4.79 Å². The van der Waals surface area contributed by atoms with Gasteiger partial charge in [-0.1, -0.05) is 93.7 Å². The maximum atomic E-state index is 13.0. The van der Waals surface area contributed by atoms with Crippen molar-refractivity contribution in [2.75, 3.05) is 13.7 Å². The van der Waals surface area contributed by atoms with Gasteiger partial charge in [0.25, 0.3) is 0 Å². The third-order valence-corrected chi connectivity index (χ3v) is 8.78. The van der Waals surface area contributed by atoms with Crippen molar-refractivity contribution < 1.29 is 44.2 Å². The van der Waals surface area contributed by atoms with Crippen LogP contribution >= 0.6 is 0 Å². The van der Waals surface area contributed by atoms with Crippen LogP contribution in [0.1, 0.15) is 54.4 Å². The molecule has 0 aromatic rings. The molecule has 0 aromatic heterocycles. The molecule has 2 fully saturated rings. The van der Waals surface area contributed by atoms with Gasteiger partial charge in [0.2, 0.25) is 5.91 Å². The molecule has 2 aliphatic heterocycles. The highest BCUT2D eigenvalue weighted by Gasteiger charge is 2.53. The maximum absolute atomic E-state index is 13.0. The summed E-state index contributed by atoms with van der Waals surface area (Å²) in [5.74, 6) is -4.24. The predicted octanol–water partition coefficient (Wildman–Crippen LogP) is 4.16. The standard InChI is InChI=1S/C36H53NO9/c1-8-9-12-19-31-35(5,6)30(39)23-36(43,46-31)26(4)34(42)37-21-16-15-17-24(2)33(44-7)25(3)29-22-27(38)28(45-29)18-13-10-11-14-20-32(40)41/h8-20,25-31,33,38-39,43H,21-23H2,1-7H3,(H,37,42)(H,40,41)/b9-8-,11-10+,16-15+,18-13+,19-12+,20-14-,24-17+/t25?,26-,27?,28?,29?,30?,31?,33?,36?/m0/s1. The van der Waals surface area contributed by atoms with E-state index in [4.69, 9.17) is 19.3 Å². The molecule has 46 heavy (non-hydrogen) atoms. The number of hydrogen-bond donors (Lipinski definition) is 5. The largest absolute Gasteiger partial charge is 0.478 e. The summed E-state index contributed by atoms with van der Waals surface area (Å²) in [6, 6.07) is 0. The lowest BCUT2D eigenvalue weighted by atomic mass is 9.73. The van der Waals surface area contributed by atoms with Crippen molar-refractivity contribution in [2.45, 2.75) is 96.8 Å². The molecule has 5 N–H and O–H groups in total. The number of aliphatic hydroxyl groups is 3. The summed E-state index contributed by atoms with van der Waals surface area (Å²) in [6.07, 6.45) is 19.2. The molecular weight excluding hydrogens is 590 g/mol. The second-order valence-electron chi connectivity index (χ2n) is 12.6. The van der Waals surface area contributed by atoms with Crippen LogP contribution in [0.2, 0.25) is 0 Å². The Morgan fingerprint density at radius 3 is 2.37 bits per heavy atom. The molecule has 0 aliphatic carbocycles. The van der Waals surface area contributed by atoms with Gasteiger partial charge in [0.15, 0.2) is 5.79 Å². The molecule has 0 radical (unpaired) electrons. The van der Waals surface area contributed by atoms with Crippen LogP contribution in [-0.2, 0) is 23.8 Å². The molecule has 256 valence electrons. The smallest absolute Gasteiger partial charge is 0.328 e. The Labute approximate surface area is 273 Å². The highest BCUT2D eigenvalue weighted by Crippen LogP contribution is 2.43.